The maximum atomic E-state index is 12.5. The third-order valence-electron chi connectivity index (χ3n) is 4.26. The molecule has 0 bridgehead atoms. The molecule has 0 radical (unpaired) electrons. The lowest BCUT2D eigenvalue weighted by atomic mass is 10.0. The maximum absolute atomic E-state index is 12.5. The largest absolute Gasteiger partial charge is 0.368 e. The maximum Gasteiger partial charge on any atom is 0.240 e. The van der Waals surface area contributed by atoms with E-state index in [0.29, 0.717) is 18.1 Å². The van der Waals surface area contributed by atoms with E-state index in [1.807, 2.05) is 31.2 Å². The lowest BCUT2D eigenvalue weighted by Gasteiger charge is -2.33. The van der Waals surface area contributed by atoms with Crippen LogP contribution in [-0.2, 0) is 9.59 Å². The summed E-state index contributed by atoms with van der Waals surface area (Å²) in [5.41, 5.74) is 7.33. The normalized spacial score (nSPS) is 17.5. The van der Waals surface area contributed by atoms with E-state index in [0.717, 1.165) is 24.1 Å². The molecule has 2 N–H and O–H groups in total. The van der Waals surface area contributed by atoms with E-state index >= 15 is 0 Å². The van der Waals surface area contributed by atoms with Crippen molar-refractivity contribution < 1.29 is 9.59 Å². The Bertz CT molecular complexity index is 777. The van der Waals surface area contributed by atoms with Gasteiger partial charge in [-0.3, -0.25) is 9.59 Å². The van der Waals surface area contributed by atoms with Gasteiger partial charge in [0.2, 0.25) is 17.0 Å². The topological polar surface area (TPSA) is 107 Å². The van der Waals surface area contributed by atoms with Crippen molar-refractivity contribution in [1.29, 1.82) is 0 Å². The Hall–Kier alpha value is -2.42. The Morgan fingerprint density at radius 1 is 1.32 bits per heavy atom. The van der Waals surface area contributed by atoms with Crippen LogP contribution in [0.4, 0.5) is 0 Å². The lowest BCUT2D eigenvalue weighted by molar-refractivity contribution is -0.138. The van der Waals surface area contributed by atoms with Crippen molar-refractivity contribution in [2.75, 3.05) is 12.3 Å². The van der Waals surface area contributed by atoms with Gasteiger partial charge >= 0.3 is 0 Å². The second-order valence-electron chi connectivity index (χ2n) is 5.95. The fourth-order valence-corrected chi connectivity index (χ4v) is 3.73. The Morgan fingerprint density at radius 2 is 2.12 bits per heavy atom. The van der Waals surface area contributed by atoms with Crippen molar-refractivity contribution in [2.45, 2.75) is 37.4 Å². The number of thioether (sulfide) groups is 1. The van der Waals surface area contributed by atoms with Crippen LogP contribution in [0, 0.1) is 6.92 Å². The minimum atomic E-state index is -0.505. The summed E-state index contributed by atoms with van der Waals surface area (Å²) in [4.78, 5) is 25.7. The van der Waals surface area contributed by atoms with E-state index in [-0.39, 0.29) is 11.7 Å². The van der Waals surface area contributed by atoms with Gasteiger partial charge in [0.1, 0.15) is 6.04 Å². The number of amides is 2. The number of rotatable bonds is 5. The number of para-hydroxylation sites is 1. The van der Waals surface area contributed by atoms with Gasteiger partial charge in [0.25, 0.3) is 0 Å². The number of carbonyl (C=O) groups excluding carboxylic acids is 2. The number of hydrogen-bond acceptors (Lipinski definition) is 6. The third-order valence-corrected chi connectivity index (χ3v) is 5.16. The smallest absolute Gasteiger partial charge is 0.240 e. The molecule has 2 amide bonds. The molecule has 1 aromatic carbocycles. The van der Waals surface area contributed by atoms with Crippen LogP contribution in [0.2, 0.25) is 0 Å². The van der Waals surface area contributed by atoms with E-state index in [9.17, 15) is 9.59 Å². The molecule has 25 heavy (non-hydrogen) atoms. The summed E-state index contributed by atoms with van der Waals surface area (Å²) in [5, 5.41) is 12.3. The molecule has 0 unspecified atom stereocenters. The number of aromatic nitrogens is 4. The Labute approximate surface area is 149 Å². The second-order valence-corrected chi connectivity index (χ2v) is 6.89. The van der Waals surface area contributed by atoms with Crippen molar-refractivity contribution in [3.63, 3.8) is 0 Å². The third kappa shape index (κ3) is 3.81. The fraction of sp³-hybridized carbons (Fsp3) is 0.438. The van der Waals surface area contributed by atoms with Gasteiger partial charge in [0.15, 0.2) is 0 Å². The SMILES string of the molecule is Cc1ccccc1-n1nnnc1SCC(=O)N1CCCC[C@@H]1C(N)=O. The Kier molecular flexibility index (Phi) is 5.32. The number of tetrazole rings is 1. The Morgan fingerprint density at radius 3 is 2.88 bits per heavy atom. The van der Waals surface area contributed by atoms with Crippen molar-refractivity contribution in [3.8, 4) is 5.69 Å². The van der Waals surface area contributed by atoms with E-state index in [4.69, 9.17) is 5.73 Å². The first kappa shape index (κ1) is 17.4. The molecule has 1 saturated heterocycles. The number of nitrogens with two attached hydrogens (primary N) is 1. The van der Waals surface area contributed by atoms with Crippen molar-refractivity contribution in [3.05, 3.63) is 29.8 Å². The van der Waals surface area contributed by atoms with Crippen LogP contribution in [0.15, 0.2) is 29.4 Å². The lowest BCUT2D eigenvalue weighted by Crippen LogP contribution is -2.51. The molecule has 0 aliphatic carbocycles. The summed E-state index contributed by atoms with van der Waals surface area (Å²) in [6.45, 7) is 2.54. The minimum Gasteiger partial charge on any atom is -0.368 e. The van der Waals surface area contributed by atoms with E-state index < -0.39 is 11.9 Å². The van der Waals surface area contributed by atoms with Gasteiger partial charge < -0.3 is 10.6 Å². The van der Waals surface area contributed by atoms with E-state index in [2.05, 4.69) is 15.5 Å². The first-order valence-corrected chi connectivity index (χ1v) is 9.12. The molecular formula is C16H20N6O2S. The highest BCUT2D eigenvalue weighted by atomic mass is 32.2. The van der Waals surface area contributed by atoms with Crippen LogP contribution < -0.4 is 5.73 Å². The fourth-order valence-electron chi connectivity index (χ4n) is 2.96. The van der Waals surface area contributed by atoms with Gasteiger partial charge in [-0.15, -0.1) is 5.10 Å². The van der Waals surface area contributed by atoms with Gasteiger partial charge in [-0.2, -0.15) is 4.68 Å². The first-order valence-electron chi connectivity index (χ1n) is 8.14. The highest BCUT2D eigenvalue weighted by Crippen LogP contribution is 2.23. The number of nitrogens with zero attached hydrogens (tertiary/aromatic N) is 5. The number of primary amides is 1. The number of hydrogen-bond donors (Lipinski definition) is 1. The molecule has 2 aromatic rings. The summed E-state index contributed by atoms with van der Waals surface area (Å²) in [6, 6.07) is 7.25. The zero-order valence-electron chi connectivity index (χ0n) is 14.0. The molecule has 132 valence electrons. The molecule has 9 heteroatoms. The van der Waals surface area contributed by atoms with Crippen molar-refractivity contribution >= 4 is 23.6 Å². The summed E-state index contributed by atoms with van der Waals surface area (Å²) < 4.78 is 1.62. The molecule has 1 aromatic heterocycles. The number of benzene rings is 1. The molecule has 0 spiro atoms. The van der Waals surface area contributed by atoms with Crippen molar-refractivity contribution in [1.82, 2.24) is 25.1 Å². The van der Waals surface area contributed by atoms with Crippen LogP contribution in [0.25, 0.3) is 5.69 Å². The standard InChI is InChI=1S/C16H20N6O2S/c1-11-6-2-3-7-12(11)22-16(18-19-20-22)25-10-14(23)21-9-5-4-8-13(21)15(17)24/h2-3,6-7,13H,4-5,8-10H2,1H3,(H2,17,24)/t13-/m1/s1. The highest BCUT2D eigenvalue weighted by Gasteiger charge is 2.30. The summed E-state index contributed by atoms with van der Waals surface area (Å²) in [7, 11) is 0. The number of piperidine rings is 1. The van der Waals surface area contributed by atoms with Crippen LogP contribution in [0.5, 0.6) is 0 Å². The van der Waals surface area contributed by atoms with Crippen molar-refractivity contribution in [2.24, 2.45) is 5.73 Å². The van der Waals surface area contributed by atoms with E-state index in [1.165, 1.54) is 11.8 Å². The molecule has 8 nitrogen and oxygen atoms in total. The van der Waals surface area contributed by atoms with Gasteiger partial charge in [-0.25, -0.2) is 0 Å². The highest BCUT2D eigenvalue weighted by molar-refractivity contribution is 7.99. The Balaban J connectivity index is 1.70. The summed E-state index contributed by atoms with van der Waals surface area (Å²) >= 11 is 1.26. The number of aryl methyl sites for hydroxylation is 1. The predicted molar refractivity (Wildman–Crippen MR) is 93.2 cm³/mol. The molecule has 1 aliphatic heterocycles. The first-order chi connectivity index (χ1) is 12.1. The quantitative estimate of drug-likeness (QED) is 0.795. The van der Waals surface area contributed by atoms with Crippen LogP contribution in [-0.4, -0.2) is 55.3 Å². The van der Waals surface area contributed by atoms with Crippen LogP contribution in [0.3, 0.4) is 0 Å². The molecule has 1 fully saturated rings. The average Bonchev–Trinajstić information content (AvgIpc) is 3.08. The molecular weight excluding hydrogens is 340 g/mol. The van der Waals surface area contributed by atoms with E-state index in [1.54, 1.807) is 9.58 Å². The molecule has 1 atom stereocenters. The van der Waals surface area contributed by atoms with Crippen LogP contribution >= 0.6 is 11.8 Å². The second kappa shape index (κ2) is 7.64. The molecule has 1 aliphatic rings. The minimum absolute atomic E-state index is 0.118. The predicted octanol–water partition coefficient (Wildman–Crippen LogP) is 0.929. The monoisotopic (exact) mass is 360 g/mol. The summed E-state index contributed by atoms with van der Waals surface area (Å²) in [6.07, 6.45) is 2.43. The van der Waals surface area contributed by atoms with Gasteiger partial charge in [0.05, 0.1) is 11.4 Å². The molecule has 0 saturated carbocycles. The van der Waals surface area contributed by atoms with Gasteiger partial charge in [-0.1, -0.05) is 30.0 Å². The number of carbonyl (C=O) groups is 2. The average molecular weight is 360 g/mol. The van der Waals surface area contributed by atoms with Crippen LogP contribution in [0.1, 0.15) is 24.8 Å². The van der Waals surface area contributed by atoms with Gasteiger partial charge in [-0.05, 0) is 48.2 Å². The molecule has 2 heterocycles. The van der Waals surface area contributed by atoms with Gasteiger partial charge in [0, 0.05) is 6.54 Å². The zero-order chi connectivity index (χ0) is 17.8. The zero-order valence-corrected chi connectivity index (χ0v) is 14.8. The summed E-state index contributed by atoms with van der Waals surface area (Å²) in [5.74, 6) is -0.397. The molecule has 3 rings (SSSR count). The number of likely N-dealkylation sites (tertiary alicyclic amines) is 1.